The lowest BCUT2D eigenvalue weighted by Gasteiger charge is -2.11. The molecule has 0 atom stereocenters. The first-order valence-corrected chi connectivity index (χ1v) is 11.3. The molecule has 0 saturated carbocycles. The number of nitrogens with zero attached hydrogens (tertiary/aromatic N) is 5. The van der Waals surface area contributed by atoms with Crippen LogP contribution in [-0.4, -0.2) is 44.7 Å². The minimum Gasteiger partial charge on any atom is -0.404 e. The number of carbonyl (C=O) groups is 2. The fourth-order valence-corrected chi connectivity index (χ4v) is 3.69. The van der Waals surface area contributed by atoms with Crippen LogP contribution >= 0.6 is 0 Å². The Morgan fingerprint density at radius 2 is 2.03 bits per heavy atom. The van der Waals surface area contributed by atoms with Gasteiger partial charge in [0.15, 0.2) is 11.5 Å². The third-order valence-corrected chi connectivity index (χ3v) is 5.52. The summed E-state index contributed by atoms with van der Waals surface area (Å²) in [5.41, 5.74) is 9.84. The molecule has 0 radical (unpaired) electrons. The van der Waals surface area contributed by atoms with Crippen molar-refractivity contribution in [3.8, 4) is 11.3 Å². The van der Waals surface area contributed by atoms with E-state index in [2.05, 4.69) is 30.7 Å². The van der Waals surface area contributed by atoms with Gasteiger partial charge < -0.3 is 16.4 Å². The predicted molar refractivity (Wildman–Crippen MR) is 139 cm³/mol. The van der Waals surface area contributed by atoms with Crippen LogP contribution < -0.4 is 16.4 Å². The van der Waals surface area contributed by atoms with Crippen molar-refractivity contribution in [2.75, 3.05) is 12.4 Å². The Balaban J connectivity index is 1.56. The molecular formula is C26H25FN8O2. The van der Waals surface area contributed by atoms with Crippen LogP contribution in [0.15, 0.2) is 60.0 Å². The van der Waals surface area contributed by atoms with Crippen molar-refractivity contribution in [3.05, 3.63) is 83.2 Å². The Labute approximate surface area is 212 Å². The lowest BCUT2D eigenvalue weighted by molar-refractivity contribution is -0.114. The quantitative estimate of drug-likeness (QED) is 0.333. The maximum Gasteiger partial charge on any atom is 0.253 e. The van der Waals surface area contributed by atoms with Gasteiger partial charge in [-0.1, -0.05) is 6.07 Å². The van der Waals surface area contributed by atoms with Crippen LogP contribution in [0.1, 0.15) is 34.1 Å². The Morgan fingerprint density at radius 1 is 1.22 bits per heavy atom. The third kappa shape index (κ3) is 5.67. The zero-order valence-corrected chi connectivity index (χ0v) is 20.5. The molecule has 0 aliphatic carbocycles. The van der Waals surface area contributed by atoms with Crippen LogP contribution in [0.5, 0.6) is 0 Å². The number of pyridine rings is 1. The second-order valence-electron chi connectivity index (χ2n) is 8.18. The van der Waals surface area contributed by atoms with Crippen molar-refractivity contribution in [2.24, 2.45) is 10.7 Å². The highest BCUT2D eigenvalue weighted by molar-refractivity contribution is 6.09. The van der Waals surface area contributed by atoms with E-state index in [9.17, 15) is 14.0 Å². The summed E-state index contributed by atoms with van der Waals surface area (Å²) in [6.45, 7) is 3.08. The summed E-state index contributed by atoms with van der Waals surface area (Å²) >= 11 is 0. The molecule has 3 aromatic heterocycles. The van der Waals surface area contributed by atoms with Crippen LogP contribution in [0.4, 0.5) is 10.2 Å². The molecule has 0 unspecified atom stereocenters. The van der Waals surface area contributed by atoms with Gasteiger partial charge in [-0.05, 0) is 42.8 Å². The molecule has 2 amide bonds. The Hall–Kier alpha value is -4.93. The highest BCUT2D eigenvalue weighted by atomic mass is 19.1. The number of aliphatic imine (C=N–C) groups is 1. The van der Waals surface area contributed by atoms with Crippen LogP contribution in [0.25, 0.3) is 22.5 Å². The second-order valence-corrected chi connectivity index (χ2v) is 8.18. The number of nitrogens with two attached hydrogens (primary N) is 1. The maximum absolute atomic E-state index is 14.5. The van der Waals surface area contributed by atoms with Crippen molar-refractivity contribution in [1.29, 1.82) is 0 Å². The Bertz CT molecular complexity index is 1560. The number of imidazole rings is 1. The monoisotopic (exact) mass is 500 g/mol. The fourth-order valence-electron chi connectivity index (χ4n) is 3.69. The van der Waals surface area contributed by atoms with Gasteiger partial charge in [0.2, 0.25) is 5.91 Å². The van der Waals surface area contributed by atoms with Gasteiger partial charge in [0.1, 0.15) is 5.82 Å². The molecule has 188 valence electrons. The molecule has 0 aliphatic rings. The average molecular weight is 501 g/mol. The molecule has 0 bridgehead atoms. The number of rotatable bonds is 7. The van der Waals surface area contributed by atoms with Gasteiger partial charge in [-0.2, -0.15) is 5.10 Å². The number of anilines is 1. The lowest BCUT2D eigenvalue weighted by Crippen LogP contribution is -2.24. The van der Waals surface area contributed by atoms with E-state index in [-0.39, 0.29) is 12.5 Å². The second kappa shape index (κ2) is 10.8. The summed E-state index contributed by atoms with van der Waals surface area (Å²) < 4.78 is 16.0. The zero-order chi connectivity index (χ0) is 26.5. The molecular weight excluding hydrogens is 475 g/mol. The largest absolute Gasteiger partial charge is 0.404 e. The van der Waals surface area contributed by atoms with E-state index in [4.69, 9.17) is 5.73 Å². The van der Waals surface area contributed by atoms with Crippen LogP contribution in [0, 0.1) is 12.7 Å². The fraction of sp³-hybridized carbons (Fsp3) is 0.154. The normalized spacial score (nSPS) is 11.7. The maximum atomic E-state index is 14.5. The molecule has 0 fully saturated rings. The number of nitrogens with one attached hydrogen (secondary N) is 2. The van der Waals surface area contributed by atoms with Gasteiger partial charge in [-0.25, -0.2) is 13.9 Å². The zero-order valence-electron chi connectivity index (χ0n) is 20.5. The summed E-state index contributed by atoms with van der Waals surface area (Å²) in [5.74, 6) is -0.710. The van der Waals surface area contributed by atoms with E-state index in [1.807, 2.05) is 0 Å². The minimum absolute atomic E-state index is 0.0333. The van der Waals surface area contributed by atoms with Crippen molar-refractivity contribution in [3.63, 3.8) is 0 Å². The number of amides is 2. The van der Waals surface area contributed by atoms with Crippen LogP contribution in [-0.2, 0) is 11.3 Å². The summed E-state index contributed by atoms with van der Waals surface area (Å²) in [6.07, 6.45) is 6.17. The number of carbonyl (C=O) groups excluding carboxylic acids is 2. The molecule has 3 heterocycles. The van der Waals surface area contributed by atoms with E-state index in [1.54, 1.807) is 62.9 Å². The smallest absolute Gasteiger partial charge is 0.253 e. The number of halogens is 1. The van der Waals surface area contributed by atoms with Crippen molar-refractivity contribution in [1.82, 2.24) is 24.9 Å². The first-order valence-electron chi connectivity index (χ1n) is 11.3. The number of aromatic nitrogens is 4. The molecule has 0 saturated heterocycles. The number of hydrogen-bond donors (Lipinski definition) is 3. The highest BCUT2D eigenvalue weighted by Gasteiger charge is 2.15. The predicted octanol–water partition coefficient (Wildman–Crippen LogP) is 3.13. The number of aryl methyl sites for hydroxylation is 1. The molecule has 4 rings (SSSR count). The van der Waals surface area contributed by atoms with E-state index in [0.717, 1.165) is 0 Å². The SMILES string of the molecule is CN=CC(=CN)c1ccc(F)c(CNC(=O)c2cc(-c3ccc4nc(NC(C)=O)cn4n3)cnc2C)c1. The Morgan fingerprint density at radius 3 is 2.76 bits per heavy atom. The third-order valence-electron chi connectivity index (χ3n) is 5.52. The molecule has 10 nitrogen and oxygen atoms in total. The standard InChI is InChI=1S/C26H25FN8O2/c1-15-21(26(37)31-12-18-8-17(4-5-22(18)27)20(10-28)11-29-3)9-19(13-30-15)23-6-7-25-33-24(32-16(2)36)14-35(25)34-23/h4-11,13-14H,12,28H2,1-3H3,(H,31,37)(H,32,36). The molecule has 11 heteroatoms. The van der Waals surface area contributed by atoms with Crippen molar-refractivity contribution in [2.45, 2.75) is 20.4 Å². The molecule has 4 N–H and O–H groups in total. The summed E-state index contributed by atoms with van der Waals surface area (Å²) in [5, 5.41) is 9.89. The lowest BCUT2D eigenvalue weighted by atomic mass is 10.0. The van der Waals surface area contributed by atoms with Crippen molar-refractivity contribution < 1.29 is 14.0 Å². The van der Waals surface area contributed by atoms with Gasteiger partial charge in [0.05, 0.1) is 23.1 Å². The topological polar surface area (TPSA) is 140 Å². The molecule has 37 heavy (non-hydrogen) atoms. The summed E-state index contributed by atoms with van der Waals surface area (Å²) in [6, 6.07) is 9.72. The average Bonchev–Trinajstić information content (AvgIpc) is 3.27. The molecule has 1 aromatic carbocycles. The number of hydrogen-bond acceptors (Lipinski definition) is 7. The first kappa shape index (κ1) is 25.2. The number of fused-ring (bicyclic) bond motifs is 1. The number of allylic oxidation sites excluding steroid dienone is 1. The van der Waals surface area contributed by atoms with Gasteiger partial charge in [-0.3, -0.25) is 19.6 Å². The van der Waals surface area contributed by atoms with Gasteiger partial charge in [-0.15, -0.1) is 0 Å². The van der Waals surface area contributed by atoms with Crippen molar-refractivity contribution >= 4 is 35.1 Å². The van der Waals surface area contributed by atoms with Crippen LogP contribution in [0.2, 0.25) is 0 Å². The van der Waals surface area contributed by atoms with Gasteiger partial charge in [0, 0.05) is 55.8 Å². The Kier molecular flexibility index (Phi) is 7.33. The summed E-state index contributed by atoms with van der Waals surface area (Å²) in [7, 11) is 1.62. The van der Waals surface area contributed by atoms with E-state index in [1.165, 1.54) is 23.7 Å². The summed E-state index contributed by atoms with van der Waals surface area (Å²) in [4.78, 5) is 36.9. The molecule has 4 aromatic rings. The number of benzene rings is 1. The highest BCUT2D eigenvalue weighted by Crippen LogP contribution is 2.21. The van der Waals surface area contributed by atoms with Gasteiger partial charge >= 0.3 is 0 Å². The minimum atomic E-state index is -0.450. The molecule has 0 aliphatic heterocycles. The van der Waals surface area contributed by atoms with Crippen LogP contribution in [0.3, 0.4) is 0 Å². The van der Waals surface area contributed by atoms with Gasteiger partial charge in [0.25, 0.3) is 5.91 Å². The van der Waals surface area contributed by atoms with E-state index in [0.29, 0.717) is 50.7 Å². The van der Waals surface area contributed by atoms with E-state index < -0.39 is 11.7 Å². The first-order chi connectivity index (χ1) is 17.8. The molecule has 0 spiro atoms. The van der Waals surface area contributed by atoms with E-state index >= 15 is 0 Å².